The molecule has 2 fully saturated rings. The molecule has 1 aliphatic heterocycles. The van der Waals surface area contributed by atoms with E-state index >= 15 is 0 Å². The van der Waals surface area contributed by atoms with Crippen LogP contribution in [-0.4, -0.2) is 41.4 Å². The second kappa shape index (κ2) is 7.23. The first kappa shape index (κ1) is 16.8. The topological polar surface area (TPSA) is 23.6 Å². The summed E-state index contributed by atoms with van der Waals surface area (Å²) < 4.78 is 0. The quantitative estimate of drug-likeness (QED) is 0.817. The van der Waals surface area contributed by atoms with Gasteiger partial charge in [0.25, 0.3) is 0 Å². The lowest BCUT2D eigenvalue weighted by atomic mass is 9.92. The van der Waals surface area contributed by atoms with Gasteiger partial charge in [0.1, 0.15) is 0 Å². The van der Waals surface area contributed by atoms with Crippen molar-refractivity contribution in [2.45, 2.75) is 45.7 Å². The molecule has 126 valence electrons. The normalized spacial score (nSPS) is 25.0. The first-order chi connectivity index (χ1) is 11.0. The van der Waals surface area contributed by atoms with Crippen molar-refractivity contribution in [2.24, 2.45) is 11.8 Å². The minimum Gasteiger partial charge on any atom is -0.341 e. The molecule has 1 aliphatic carbocycles. The molecule has 3 rings (SSSR count). The Kier molecular flexibility index (Phi) is 5.27. The van der Waals surface area contributed by atoms with Gasteiger partial charge in [0.15, 0.2) is 0 Å². The number of piperidine rings is 1. The molecule has 2 unspecified atom stereocenters. The van der Waals surface area contributed by atoms with Crippen molar-refractivity contribution < 1.29 is 4.79 Å². The average Bonchev–Trinajstić information content (AvgIpc) is 3.32. The maximum Gasteiger partial charge on any atom is 0.236 e. The van der Waals surface area contributed by atoms with Gasteiger partial charge in [-0.3, -0.25) is 9.69 Å². The number of rotatable bonds is 5. The van der Waals surface area contributed by atoms with Crippen molar-refractivity contribution in [2.75, 3.05) is 19.6 Å². The van der Waals surface area contributed by atoms with Gasteiger partial charge in [0.05, 0.1) is 6.54 Å². The number of carbonyl (C=O) groups excluding carboxylic acids is 1. The fraction of sp³-hybridized carbons (Fsp3) is 0.632. The Bertz CT molecular complexity index is 531. The number of carbonyl (C=O) groups is 1. The summed E-state index contributed by atoms with van der Waals surface area (Å²) in [4.78, 5) is 17.2. The molecule has 1 heterocycles. The molecule has 0 aromatic heterocycles. The molecule has 1 aromatic rings. The zero-order chi connectivity index (χ0) is 16.4. The summed E-state index contributed by atoms with van der Waals surface area (Å²) in [6.07, 6.45) is 3.67. The summed E-state index contributed by atoms with van der Waals surface area (Å²) in [6.45, 7) is 7.73. The third-order valence-electron chi connectivity index (χ3n) is 4.92. The number of halogens is 1. The first-order valence-corrected chi connectivity index (χ1v) is 9.15. The van der Waals surface area contributed by atoms with E-state index in [-0.39, 0.29) is 0 Å². The number of hydrogen-bond acceptors (Lipinski definition) is 2. The zero-order valence-electron chi connectivity index (χ0n) is 14.2. The van der Waals surface area contributed by atoms with E-state index < -0.39 is 0 Å². The molecule has 2 atom stereocenters. The van der Waals surface area contributed by atoms with E-state index in [1.165, 1.54) is 24.8 Å². The minimum atomic E-state index is 0.296. The molecule has 0 radical (unpaired) electrons. The molecule has 1 saturated heterocycles. The summed E-state index contributed by atoms with van der Waals surface area (Å²) in [6, 6.07) is 8.56. The van der Waals surface area contributed by atoms with Crippen molar-refractivity contribution in [3.05, 3.63) is 34.9 Å². The predicted molar refractivity (Wildman–Crippen MR) is 94.4 cm³/mol. The molecule has 0 bridgehead atoms. The lowest BCUT2D eigenvalue weighted by Crippen LogP contribution is -2.47. The summed E-state index contributed by atoms with van der Waals surface area (Å²) in [5, 5.41) is 0.763. The molecular weight excluding hydrogens is 308 g/mol. The number of amides is 1. The van der Waals surface area contributed by atoms with Crippen molar-refractivity contribution in [3.8, 4) is 0 Å². The van der Waals surface area contributed by atoms with Gasteiger partial charge in [-0.05, 0) is 48.8 Å². The van der Waals surface area contributed by atoms with Crippen molar-refractivity contribution in [3.63, 3.8) is 0 Å². The van der Waals surface area contributed by atoms with Crippen LogP contribution in [0.5, 0.6) is 0 Å². The fourth-order valence-electron chi connectivity index (χ4n) is 3.72. The van der Waals surface area contributed by atoms with Crippen LogP contribution in [0.4, 0.5) is 0 Å². The highest BCUT2D eigenvalue weighted by Gasteiger charge is 2.32. The van der Waals surface area contributed by atoms with Crippen LogP contribution in [0.15, 0.2) is 24.3 Å². The average molecular weight is 335 g/mol. The highest BCUT2D eigenvalue weighted by Crippen LogP contribution is 2.29. The lowest BCUT2D eigenvalue weighted by Gasteiger charge is -2.36. The highest BCUT2D eigenvalue weighted by atomic mass is 35.5. The predicted octanol–water partition coefficient (Wildman–Crippen LogP) is 3.81. The molecule has 1 amide bonds. The lowest BCUT2D eigenvalue weighted by molar-refractivity contribution is -0.135. The zero-order valence-corrected chi connectivity index (χ0v) is 14.9. The first-order valence-electron chi connectivity index (χ1n) is 8.77. The van der Waals surface area contributed by atoms with Crippen LogP contribution in [0.1, 0.15) is 38.7 Å². The van der Waals surface area contributed by atoms with Gasteiger partial charge in [-0.25, -0.2) is 0 Å². The Balaban J connectivity index is 1.60. The molecule has 2 aliphatic rings. The summed E-state index contributed by atoms with van der Waals surface area (Å²) >= 11 is 5.96. The second-order valence-corrected chi connectivity index (χ2v) is 7.94. The van der Waals surface area contributed by atoms with E-state index in [2.05, 4.69) is 35.8 Å². The van der Waals surface area contributed by atoms with Crippen LogP contribution in [0.3, 0.4) is 0 Å². The van der Waals surface area contributed by atoms with Gasteiger partial charge in [0, 0.05) is 30.7 Å². The summed E-state index contributed by atoms with van der Waals surface area (Å²) in [5.74, 6) is 1.53. The van der Waals surface area contributed by atoms with Gasteiger partial charge in [-0.1, -0.05) is 37.6 Å². The van der Waals surface area contributed by atoms with E-state index in [9.17, 15) is 4.79 Å². The molecular formula is C19H27ClN2O. The van der Waals surface area contributed by atoms with E-state index in [4.69, 9.17) is 11.6 Å². The van der Waals surface area contributed by atoms with Gasteiger partial charge in [-0.15, -0.1) is 0 Å². The van der Waals surface area contributed by atoms with E-state index in [0.29, 0.717) is 30.3 Å². The maximum atomic E-state index is 12.7. The Hall–Kier alpha value is -1.06. The van der Waals surface area contributed by atoms with E-state index in [0.717, 1.165) is 24.7 Å². The fourth-order valence-corrected chi connectivity index (χ4v) is 3.84. The van der Waals surface area contributed by atoms with E-state index in [1.807, 2.05) is 12.1 Å². The van der Waals surface area contributed by atoms with Gasteiger partial charge in [-0.2, -0.15) is 0 Å². The SMILES string of the molecule is CC1CC(C)CN(C(=O)CN(Cc2ccc(Cl)cc2)C2CC2)C1. The van der Waals surface area contributed by atoms with E-state index in [1.54, 1.807) is 0 Å². The Labute approximate surface area is 144 Å². The molecule has 1 saturated carbocycles. The largest absolute Gasteiger partial charge is 0.341 e. The molecule has 0 N–H and O–H groups in total. The summed E-state index contributed by atoms with van der Waals surface area (Å²) in [7, 11) is 0. The Morgan fingerprint density at radius 2 is 1.78 bits per heavy atom. The molecule has 0 spiro atoms. The Morgan fingerprint density at radius 1 is 1.17 bits per heavy atom. The van der Waals surface area contributed by atoms with Crippen LogP contribution in [-0.2, 0) is 11.3 Å². The number of likely N-dealkylation sites (tertiary alicyclic amines) is 1. The minimum absolute atomic E-state index is 0.296. The number of nitrogens with zero attached hydrogens (tertiary/aromatic N) is 2. The van der Waals surface area contributed by atoms with Gasteiger partial charge in [0.2, 0.25) is 5.91 Å². The van der Waals surface area contributed by atoms with Crippen LogP contribution >= 0.6 is 11.6 Å². The molecule has 4 heteroatoms. The van der Waals surface area contributed by atoms with Crippen LogP contribution in [0.25, 0.3) is 0 Å². The van der Waals surface area contributed by atoms with Gasteiger partial charge >= 0.3 is 0 Å². The van der Waals surface area contributed by atoms with Crippen LogP contribution in [0, 0.1) is 11.8 Å². The van der Waals surface area contributed by atoms with Crippen LogP contribution in [0.2, 0.25) is 5.02 Å². The third kappa shape index (κ3) is 4.71. The monoisotopic (exact) mass is 334 g/mol. The van der Waals surface area contributed by atoms with Crippen molar-refractivity contribution >= 4 is 17.5 Å². The smallest absolute Gasteiger partial charge is 0.236 e. The third-order valence-corrected chi connectivity index (χ3v) is 5.17. The Morgan fingerprint density at radius 3 is 2.35 bits per heavy atom. The second-order valence-electron chi connectivity index (χ2n) is 7.51. The van der Waals surface area contributed by atoms with Gasteiger partial charge < -0.3 is 4.90 Å². The summed E-state index contributed by atoms with van der Waals surface area (Å²) in [5.41, 5.74) is 1.23. The van der Waals surface area contributed by atoms with Crippen molar-refractivity contribution in [1.29, 1.82) is 0 Å². The van der Waals surface area contributed by atoms with Crippen LogP contribution < -0.4 is 0 Å². The molecule has 23 heavy (non-hydrogen) atoms. The highest BCUT2D eigenvalue weighted by molar-refractivity contribution is 6.30. The number of hydrogen-bond donors (Lipinski definition) is 0. The number of benzene rings is 1. The molecule has 1 aromatic carbocycles. The van der Waals surface area contributed by atoms with Crippen molar-refractivity contribution in [1.82, 2.24) is 9.80 Å². The molecule has 3 nitrogen and oxygen atoms in total. The maximum absolute atomic E-state index is 12.7. The standard InChI is InChI=1S/C19H27ClN2O/c1-14-9-15(2)11-22(10-14)19(23)13-21(18-7-8-18)12-16-3-5-17(20)6-4-16/h3-6,14-15,18H,7-13H2,1-2H3.